The van der Waals surface area contributed by atoms with Gasteiger partial charge in [0.25, 0.3) is 5.91 Å². The van der Waals surface area contributed by atoms with Gasteiger partial charge in [-0.2, -0.15) is 0 Å². The number of hydrogen-bond acceptors (Lipinski definition) is 2. The maximum Gasteiger partial charge on any atom is 0.251 e. The van der Waals surface area contributed by atoms with E-state index < -0.39 is 0 Å². The number of carbonyl (C=O) groups is 1. The Bertz CT molecular complexity index is 350. The van der Waals surface area contributed by atoms with Crippen molar-refractivity contribution in [2.45, 2.75) is 26.7 Å². The highest BCUT2D eigenvalue weighted by atomic mass is 16.1. The number of carbonyl (C=O) groups excluding carboxylic acids is 1. The highest BCUT2D eigenvalue weighted by Crippen LogP contribution is 2.08. The number of benzene rings is 1. The van der Waals surface area contributed by atoms with Crippen molar-refractivity contribution in [3.05, 3.63) is 35.4 Å². The van der Waals surface area contributed by atoms with Crippen molar-refractivity contribution in [3.63, 3.8) is 0 Å². The van der Waals surface area contributed by atoms with Gasteiger partial charge in [0.2, 0.25) is 0 Å². The summed E-state index contributed by atoms with van der Waals surface area (Å²) in [5.74, 6) is 0.0407. The quantitative estimate of drug-likeness (QED) is 0.708. The van der Waals surface area contributed by atoms with Crippen LogP contribution < -0.4 is 10.6 Å². The topological polar surface area (TPSA) is 41.1 Å². The maximum absolute atomic E-state index is 11.9. The Hall–Kier alpha value is -1.35. The van der Waals surface area contributed by atoms with Gasteiger partial charge in [-0.25, -0.2) is 0 Å². The van der Waals surface area contributed by atoms with Crippen molar-refractivity contribution in [2.75, 3.05) is 19.6 Å². The molecule has 0 saturated heterocycles. The van der Waals surface area contributed by atoms with Gasteiger partial charge < -0.3 is 10.6 Å². The summed E-state index contributed by atoms with van der Waals surface area (Å²) in [7, 11) is 0. The first kappa shape index (κ1) is 13.7. The number of amides is 1. The summed E-state index contributed by atoms with van der Waals surface area (Å²) in [6.07, 6.45) is 1.86. The lowest BCUT2D eigenvalue weighted by molar-refractivity contribution is 0.0952. The smallest absolute Gasteiger partial charge is 0.251 e. The number of rotatable bonds is 7. The van der Waals surface area contributed by atoms with Crippen molar-refractivity contribution < 1.29 is 4.79 Å². The average molecular weight is 234 g/mol. The van der Waals surface area contributed by atoms with Crippen LogP contribution in [0.5, 0.6) is 0 Å². The van der Waals surface area contributed by atoms with E-state index in [0.29, 0.717) is 0 Å². The molecule has 17 heavy (non-hydrogen) atoms. The summed E-state index contributed by atoms with van der Waals surface area (Å²) in [6.45, 7) is 6.80. The second kappa shape index (κ2) is 7.85. The van der Waals surface area contributed by atoms with Crippen molar-refractivity contribution in [3.8, 4) is 0 Å². The predicted molar refractivity (Wildman–Crippen MR) is 71.3 cm³/mol. The Morgan fingerprint density at radius 2 is 1.94 bits per heavy atom. The van der Waals surface area contributed by atoms with E-state index in [9.17, 15) is 4.79 Å². The predicted octanol–water partition coefficient (Wildman–Crippen LogP) is 1.98. The molecule has 0 aromatic heterocycles. The molecule has 0 aliphatic carbocycles. The van der Waals surface area contributed by atoms with Gasteiger partial charge in [0, 0.05) is 12.1 Å². The van der Waals surface area contributed by atoms with E-state index >= 15 is 0 Å². The van der Waals surface area contributed by atoms with E-state index in [4.69, 9.17) is 0 Å². The number of hydrogen-bond donors (Lipinski definition) is 2. The fourth-order valence-electron chi connectivity index (χ4n) is 1.74. The molecular weight excluding hydrogens is 212 g/mol. The Kier molecular flexibility index (Phi) is 6.33. The first-order valence-electron chi connectivity index (χ1n) is 6.36. The van der Waals surface area contributed by atoms with E-state index in [0.717, 1.165) is 43.6 Å². The monoisotopic (exact) mass is 234 g/mol. The molecule has 94 valence electrons. The SMILES string of the molecule is CCNCCCNC(=O)c1ccccc1CC. The molecule has 0 fully saturated rings. The maximum atomic E-state index is 11.9. The molecule has 0 atom stereocenters. The molecule has 2 N–H and O–H groups in total. The van der Waals surface area contributed by atoms with Gasteiger partial charge in [0.15, 0.2) is 0 Å². The third-order valence-corrected chi connectivity index (χ3v) is 2.71. The summed E-state index contributed by atoms with van der Waals surface area (Å²) < 4.78 is 0. The van der Waals surface area contributed by atoms with Crippen LogP contribution in [-0.2, 0) is 6.42 Å². The molecule has 0 radical (unpaired) electrons. The van der Waals surface area contributed by atoms with Crippen LogP contribution in [0.1, 0.15) is 36.2 Å². The van der Waals surface area contributed by atoms with Crippen LogP contribution in [-0.4, -0.2) is 25.5 Å². The van der Waals surface area contributed by atoms with Gasteiger partial charge in [-0.3, -0.25) is 4.79 Å². The second-order valence-electron chi connectivity index (χ2n) is 3.97. The molecule has 1 aromatic rings. The van der Waals surface area contributed by atoms with Crippen LogP contribution in [0.15, 0.2) is 24.3 Å². The molecule has 0 aliphatic rings. The lowest BCUT2D eigenvalue weighted by atomic mass is 10.0. The van der Waals surface area contributed by atoms with Crippen LogP contribution in [0.2, 0.25) is 0 Å². The van der Waals surface area contributed by atoms with Gasteiger partial charge in [0.1, 0.15) is 0 Å². The summed E-state index contributed by atoms with van der Waals surface area (Å²) >= 11 is 0. The summed E-state index contributed by atoms with van der Waals surface area (Å²) in [5.41, 5.74) is 1.91. The van der Waals surface area contributed by atoms with Gasteiger partial charge in [-0.15, -0.1) is 0 Å². The van der Waals surface area contributed by atoms with Crippen LogP contribution in [0, 0.1) is 0 Å². The first-order valence-corrected chi connectivity index (χ1v) is 6.36. The van der Waals surface area contributed by atoms with Crippen LogP contribution in [0.3, 0.4) is 0 Å². The van der Waals surface area contributed by atoms with Crippen LogP contribution in [0.25, 0.3) is 0 Å². The average Bonchev–Trinajstić information content (AvgIpc) is 2.38. The van der Waals surface area contributed by atoms with Crippen molar-refractivity contribution in [1.29, 1.82) is 0 Å². The molecule has 0 unspecified atom stereocenters. The Balaban J connectivity index is 2.41. The normalized spacial score (nSPS) is 10.2. The molecule has 0 spiro atoms. The van der Waals surface area contributed by atoms with Gasteiger partial charge in [0.05, 0.1) is 0 Å². The highest BCUT2D eigenvalue weighted by Gasteiger charge is 2.08. The molecule has 3 nitrogen and oxygen atoms in total. The van der Waals surface area contributed by atoms with E-state index in [2.05, 4.69) is 24.5 Å². The minimum atomic E-state index is 0.0407. The molecule has 1 aromatic carbocycles. The lowest BCUT2D eigenvalue weighted by Crippen LogP contribution is -2.28. The zero-order chi connectivity index (χ0) is 12.5. The van der Waals surface area contributed by atoms with Gasteiger partial charge >= 0.3 is 0 Å². The molecule has 0 heterocycles. The van der Waals surface area contributed by atoms with E-state index in [1.54, 1.807) is 0 Å². The second-order valence-corrected chi connectivity index (χ2v) is 3.97. The third kappa shape index (κ3) is 4.57. The van der Waals surface area contributed by atoms with Crippen molar-refractivity contribution in [1.82, 2.24) is 10.6 Å². The number of aryl methyl sites for hydroxylation is 1. The molecule has 1 amide bonds. The molecule has 0 saturated carbocycles. The van der Waals surface area contributed by atoms with E-state index in [-0.39, 0.29) is 5.91 Å². The molecule has 0 bridgehead atoms. The summed E-state index contributed by atoms with van der Waals surface area (Å²) in [4.78, 5) is 11.9. The van der Waals surface area contributed by atoms with Crippen molar-refractivity contribution in [2.24, 2.45) is 0 Å². The van der Waals surface area contributed by atoms with Gasteiger partial charge in [-0.05, 0) is 37.6 Å². The van der Waals surface area contributed by atoms with Gasteiger partial charge in [-0.1, -0.05) is 32.0 Å². The summed E-state index contributed by atoms with van der Waals surface area (Å²) in [5, 5.41) is 6.19. The lowest BCUT2D eigenvalue weighted by Gasteiger charge is -2.08. The Labute approximate surface area is 104 Å². The fraction of sp³-hybridized carbons (Fsp3) is 0.500. The number of nitrogens with one attached hydrogen (secondary N) is 2. The Morgan fingerprint density at radius 3 is 2.65 bits per heavy atom. The van der Waals surface area contributed by atoms with E-state index in [1.807, 2.05) is 24.3 Å². The third-order valence-electron chi connectivity index (χ3n) is 2.71. The Morgan fingerprint density at radius 1 is 1.18 bits per heavy atom. The highest BCUT2D eigenvalue weighted by molar-refractivity contribution is 5.95. The van der Waals surface area contributed by atoms with Crippen LogP contribution in [0.4, 0.5) is 0 Å². The fourth-order valence-corrected chi connectivity index (χ4v) is 1.74. The largest absolute Gasteiger partial charge is 0.352 e. The molecule has 3 heteroatoms. The molecule has 1 rings (SSSR count). The van der Waals surface area contributed by atoms with Crippen LogP contribution >= 0.6 is 0 Å². The van der Waals surface area contributed by atoms with Crippen molar-refractivity contribution >= 4 is 5.91 Å². The minimum absolute atomic E-state index is 0.0407. The standard InChI is InChI=1S/C14H22N2O/c1-3-12-8-5-6-9-13(12)14(17)16-11-7-10-15-4-2/h5-6,8-9,15H,3-4,7,10-11H2,1-2H3,(H,16,17). The molecule has 0 aliphatic heterocycles. The first-order chi connectivity index (χ1) is 8.29. The molecular formula is C14H22N2O. The zero-order valence-electron chi connectivity index (χ0n) is 10.8. The van der Waals surface area contributed by atoms with E-state index in [1.165, 1.54) is 0 Å². The summed E-state index contributed by atoms with van der Waals surface area (Å²) in [6, 6.07) is 7.78. The minimum Gasteiger partial charge on any atom is -0.352 e. The zero-order valence-corrected chi connectivity index (χ0v) is 10.8.